The number of benzene rings is 1. The molecular formula is C16H22N2O. The van der Waals surface area contributed by atoms with E-state index in [4.69, 9.17) is 0 Å². The number of aryl methyl sites for hydroxylation is 2. The lowest BCUT2D eigenvalue weighted by Gasteiger charge is -2.40. The largest absolute Gasteiger partial charge is 0.327 e. The Hall–Kier alpha value is -1.35. The second kappa shape index (κ2) is 4.34. The Morgan fingerprint density at radius 3 is 2.79 bits per heavy atom. The van der Waals surface area contributed by atoms with Crippen molar-refractivity contribution in [3.05, 3.63) is 34.4 Å². The summed E-state index contributed by atoms with van der Waals surface area (Å²) < 4.78 is 0. The van der Waals surface area contributed by atoms with Gasteiger partial charge >= 0.3 is 0 Å². The van der Waals surface area contributed by atoms with Crippen LogP contribution in [0.2, 0.25) is 0 Å². The number of amides is 1. The zero-order chi connectivity index (χ0) is 13.6. The Balaban J connectivity index is 2.23. The van der Waals surface area contributed by atoms with Crippen LogP contribution in [-0.4, -0.2) is 30.4 Å². The Kier molecular flexibility index (Phi) is 2.90. The Labute approximate surface area is 115 Å². The fourth-order valence-electron chi connectivity index (χ4n) is 3.49. The molecule has 2 heterocycles. The average molecular weight is 258 g/mol. The van der Waals surface area contributed by atoms with Gasteiger partial charge in [0.05, 0.1) is 5.54 Å². The molecule has 1 saturated heterocycles. The first-order valence-corrected chi connectivity index (χ1v) is 7.30. The molecule has 0 radical (unpaired) electrons. The van der Waals surface area contributed by atoms with Gasteiger partial charge in [0, 0.05) is 25.2 Å². The van der Waals surface area contributed by atoms with Crippen LogP contribution in [0.5, 0.6) is 0 Å². The molecule has 1 aromatic rings. The molecule has 1 N–H and O–H groups in total. The number of carbonyl (C=O) groups excluding carboxylic acids is 1. The van der Waals surface area contributed by atoms with E-state index in [2.05, 4.69) is 43.1 Å². The number of hydrogen-bond acceptors (Lipinski definition) is 2. The lowest BCUT2D eigenvalue weighted by molar-refractivity contribution is 0.0510. The molecule has 1 aromatic carbocycles. The zero-order valence-corrected chi connectivity index (χ0v) is 12.0. The maximum atomic E-state index is 12.7. The van der Waals surface area contributed by atoms with E-state index in [0.29, 0.717) is 0 Å². The molecule has 0 spiro atoms. The highest BCUT2D eigenvalue weighted by molar-refractivity contribution is 6.01. The molecule has 0 bridgehead atoms. The highest BCUT2D eigenvalue weighted by Crippen LogP contribution is 2.41. The van der Waals surface area contributed by atoms with Gasteiger partial charge in [-0.15, -0.1) is 0 Å². The minimum atomic E-state index is -0.153. The summed E-state index contributed by atoms with van der Waals surface area (Å²) in [5.41, 5.74) is 4.62. The summed E-state index contributed by atoms with van der Waals surface area (Å²) in [7, 11) is 0. The van der Waals surface area contributed by atoms with Gasteiger partial charge in [-0.25, -0.2) is 0 Å². The van der Waals surface area contributed by atoms with Gasteiger partial charge in [0.25, 0.3) is 5.91 Å². The van der Waals surface area contributed by atoms with Gasteiger partial charge in [-0.1, -0.05) is 26.0 Å². The topological polar surface area (TPSA) is 32.3 Å². The summed E-state index contributed by atoms with van der Waals surface area (Å²) in [5, 5.41) is 3.44. The van der Waals surface area contributed by atoms with Gasteiger partial charge in [0.1, 0.15) is 0 Å². The zero-order valence-electron chi connectivity index (χ0n) is 12.0. The first-order chi connectivity index (χ1) is 9.11. The van der Waals surface area contributed by atoms with Gasteiger partial charge < -0.3 is 10.2 Å². The summed E-state index contributed by atoms with van der Waals surface area (Å²) in [6, 6.07) is 4.46. The van der Waals surface area contributed by atoms with Crippen LogP contribution in [0.3, 0.4) is 0 Å². The Bertz CT molecular complexity index is 538. The monoisotopic (exact) mass is 258 g/mol. The number of nitrogens with zero attached hydrogens (tertiary/aromatic N) is 1. The van der Waals surface area contributed by atoms with Crippen molar-refractivity contribution < 1.29 is 4.79 Å². The number of fused-ring (bicyclic) bond motifs is 3. The van der Waals surface area contributed by atoms with Gasteiger partial charge in [-0.3, -0.25) is 4.79 Å². The lowest BCUT2D eigenvalue weighted by atomic mass is 9.86. The van der Waals surface area contributed by atoms with Crippen LogP contribution in [0.25, 0.3) is 0 Å². The van der Waals surface area contributed by atoms with E-state index in [9.17, 15) is 4.79 Å². The molecule has 2 aliphatic rings. The highest BCUT2D eigenvalue weighted by Gasteiger charge is 2.48. The summed E-state index contributed by atoms with van der Waals surface area (Å²) in [5.74, 6) is 0.235. The maximum absolute atomic E-state index is 12.7. The highest BCUT2D eigenvalue weighted by atomic mass is 16.2. The van der Waals surface area contributed by atoms with Crippen LogP contribution in [0.15, 0.2) is 12.1 Å². The molecule has 19 heavy (non-hydrogen) atoms. The van der Waals surface area contributed by atoms with Crippen molar-refractivity contribution in [1.29, 1.82) is 0 Å². The van der Waals surface area contributed by atoms with Crippen molar-refractivity contribution in [1.82, 2.24) is 10.2 Å². The number of piperazine rings is 1. The molecule has 1 atom stereocenters. The SMILES string of the molecule is CCc1cc(CC)c2c(c1)[C@]1(C)CNCCN1C2=O. The normalized spacial score (nSPS) is 25.4. The van der Waals surface area contributed by atoms with E-state index >= 15 is 0 Å². The molecule has 1 amide bonds. The van der Waals surface area contributed by atoms with E-state index in [1.54, 1.807) is 0 Å². The predicted molar refractivity (Wildman–Crippen MR) is 76.5 cm³/mol. The third-order valence-corrected chi connectivity index (χ3v) is 4.69. The molecule has 0 unspecified atom stereocenters. The van der Waals surface area contributed by atoms with Crippen LogP contribution in [0.1, 0.15) is 47.8 Å². The smallest absolute Gasteiger partial charge is 0.255 e. The summed E-state index contributed by atoms with van der Waals surface area (Å²) >= 11 is 0. The summed E-state index contributed by atoms with van der Waals surface area (Å²) in [4.78, 5) is 14.8. The average Bonchev–Trinajstić information content (AvgIpc) is 2.67. The molecule has 0 saturated carbocycles. The number of hydrogen-bond donors (Lipinski definition) is 1. The lowest BCUT2D eigenvalue weighted by Crippen LogP contribution is -2.55. The van der Waals surface area contributed by atoms with E-state index in [-0.39, 0.29) is 11.4 Å². The van der Waals surface area contributed by atoms with E-state index in [0.717, 1.165) is 38.0 Å². The minimum absolute atomic E-state index is 0.153. The van der Waals surface area contributed by atoms with Crippen LogP contribution >= 0.6 is 0 Å². The standard InChI is InChI=1S/C16H22N2O/c1-4-11-8-12(5-2)14-13(9-11)16(3)10-17-6-7-18(16)15(14)19/h8-9,17H,4-7,10H2,1-3H3/t16-/m0/s1. The maximum Gasteiger partial charge on any atom is 0.255 e. The first kappa shape index (κ1) is 12.7. The first-order valence-electron chi connectivity index (χ1n) is 7.30. The van der Waals surface area contributed by atoms with Gasteiger partial charge in [0.15, 0.2) is 0 Å². The Morgan fingerprint density at radius 1 is 1.32 bits per heavy atom. The van der Waals surface area contributed by atoms with Gasteiger partial charge in [-0.05, 0) is 36.5 Å². The van der Waals surface area contributed by atoms with Gasteiger partial charge in [-0.2, -0.15) is 0 Å². The van der Waals surface area contributed by atoms with Crippen molar-refractivity contribution in [2.24, 2.45) is 0 Å². The molecule has 3 heteroatoms. The Morgan fingerprint density at radius 2 is 2.11 bits per heavy atom. The number of nitrogens with one attached hydrogen (secondary N) is 1. The van der Waals surface area contributed by atoms with Crippen LogP contribution in [0, 0.1) is 0 Å². The van der Waals surface area contributed by atoms with Gasteiger partial charge in [0.2, 0.25) is 0 Å². The van der Waals surface area contributed by atoms with E-state index in [1.165, 1.54) is 16.7 Å². The van der Waals surface area contributed by atoms with E-state index in [1.807, 2.05) is 0 Å². The van der Waals surface area contributed by atoms with Crippen molar-refractivity contribution in [2.75, 3.05) is 19.6 Å². The molecule has 2 aliphatic heterocycles. The minimum Gasteiger partial charge on any atom is -0.327 e. The number of rotatable bonds is 2. The molecule has 3 nitrogen and oxygen atoms in total. The van der Waals surface area contributed by atoms with Crippen LogP contribution in [-0.2, 0) is 18.4 Å². The predicted octanol–water partition coefficient (Wildman–Crippen LogP) is 2.09. The van der Waals surface area contributed by atoms with E-state index < -0.39 is 0 Å². The summed E-state index contributed by atoms with van der Waals surface area (Å²) in [6.07, 6.45) is 1.96. The van der Waals surface area contributed by atoms with Crippen molar-refractivity contribution >= 4 is 5.91 Å². The fraction of sp³-hybridized carbons (Fsp3) is 0.562. The summed E-state index contributed by atoms with van der Waals surface area (Å²) in [6.45, 7) is 9.09. The third-order valence-electron chi connectivity index (χ3n) is 4.69. The fourth-order valence-corrected chi connectivity index (χ4v) is 3.49. The number of carbonyl (C=O) groups is 1. The molecule has 0 aliphatic carbocycles. The molecular weight excluding hydrogens is 236 g/mol. The molecule has 1 fully saturated rings. The third kappa shape index (κ3) is 1.64. The second-order valence-corrected chi connectivity index (χ2v) is 5.79. The van der Waals surface area contributed by atoms with Crippen molar-refractivity contribution in [2.45, 2.75) is 39.2 Å². The molecule has 102 valence electrons. The second-order valence-electron chi connectivity index (χ2n) is 5.79. The van der Waals surface area contributed by atoms with Crippen LogP contribution < -0.4 is 5.32 Å². The molecule has 3 rings (SSSR count). The quantitative estimate of drug-likeness (QED) is 0.881. The van der Waals surface area contributed by atoms with Crippen molar-refractivity contribution in [3.8, 4) is 0 Å². The van der Waals surface area contributed by atoms with Crippen LogP contribution in [0.4, 0.5) is 0 Å². The van der Waals surface area contributed by atoms with Crippen molar-refractivity contribution in [3.63, 3.8) is 0 Å². The molecule has 0 aromatic heterocycles.